The van der Waals surface area contributed by atoms with Crippen LogP contribution in [0.1, 0.15) is 5.56 Å². The second kappa shape index (κ2) is 8.19. The number of aromatic nitrogens is 4. The quantitative estimate of drug-likeness (QED) is 0.342. The zero-order chi connectivity index (χ0) is 22.9. The third-order valence-corrected chi connectivity index (χ3v) is 5.06. The highest BCUT2D eigenvalue weighted by molar-refractivity contribution is 5.75. The third-order valence-electron chi connectivity index (χ3n) is 5.06. The van der Waals surface area contributed by atoms with Crippen LogP contribution in [0.5, 0.6) is 17.4 Å². The molecule has 0 radical (unpaired) electrons. The summed E-state index contributed by atoms with van der Waals surface area (Å²) >= 11 is 0. The van der Waals surface area contributed by atoms with Gasteiger partial charge in [0, 0.05) is 35.9 Å². The van der Waals surface area contributed by atoms with Crippen LogP contribution in [0, 0.1) is 18.6 Å². The molecule has 0 bridgehead atoms. The van der Waals surface area contributed by atoms with Crippen LogP contribution in [-0.2, 0) is 0 Å². The van der Waals surface area contributed by atoms with E-state index in [2.05, 4.69) is 20.3 Å². The summed E-state index contributed by atoms with van der Waals surface area (Å²) in [5.41, 5.74) is 2.18. The summed E-state index contributed by atoms with van der Waals surface area (Å²) in [7, 11) is 0. The lowest BCUT2D eigenvalue weighted by Crippen LogP contribution is -2.00. The molecule has 0 amide bonds. The molecule has 0 aliphatic carbocycles. The number of hydrogen-bond acceptors (Lipinski definition) is 6. The molecule has 2 N–H and O–H groups in total. The van der Waals surface area contributed by atoms with Gasteiger partial charge in [-0.25, -0.2) is 19.3 Å². The fourth-order valence-electron chi connectivity index (χ4n) is 3.41. The van der Waals surface area contributed by atoms with Gasteiger partial charge in [0.1, 0.15) is 5.75 Å². The Balaban J connectivity index is 1.51. The van der Waals surface area contributed by atoms with Gasteiger partial charge < -0.3 is 15.2 Å². The van der Waals surface area contributed by atoms with Crippen molar-refractivity contribution in [2.24, 2.45) is 0 Å². The molecular formula is C24H17F2N5O2. The minimum Gasteiger partial charge on any atom is -0.508 e. The third kappa shape index (κ3) is 3.80. The van der Waals surface area contributed by atoms with Crippen LogP contribution in [0.4, 0.5) is 20.3 Å². The highest BCUT2D eigenvalue weighted by atomic mass is 19.2. The van der Waals surface area contributed by atoms with E-state index in [1.165, 1.54) is 30.7 Å². The molecule has 0 saturated heterocycles. The van der Waals surface area contributed by atoms with Crippen LogP contribution in [0.25, 0.3) is 16.9 Å². The van der Waals surface area contributed by atoms with Crippen molar-refractivity contribution in [3.05, 3.63) is 90.5 Å². The molecule has 164 valence electrons. The number of pyridine rings is 1. The van der Waals surface area contributed by atoms with Crippen molar-refractivity contribution in [1.29, 1.82) is 0 Å². The van der Waals surface area contributed by atoms with Crippen LogP contribution in [0.2, 0.25) is 0 Å². The number of hydrogen-bond donors (Lipinski definition) is 2. The Labute approximate surface area is 187 Å². The first-order valence-electron chi connectivity index (χ1n) is 9.97. The fourth-order valence-corrected chi connectivity index (χ4v) is 3.41. The van der Waals surface area contributed by atoms with E-state index in [0.29, 0.717) is 28.4 Å². The average molecular weight is 445 g/mol. The molecule has 0 atom stereocenters. The Hall–Kier alpha value is -4.53. The molecule has 9 heteroatoms. The standard InChI is InChI=1S/C24H17F2N5O2/c1-14-12-15(5-7-18(14)32)30-23-24-29-13-17(31(24)11-10-28-23)16-6-8-19(22(26)21(16)25)33-20-4-2-3-9-27-20/h2-13,32H,1H3,(H,28,30). The van der Waals surface area contributed by atoms with Gasteiger partial charge in [0.15, 0.2) is 23.0 Å². The highest BCUT2D eigenvalue weighted by Crippen LogP contribution is 2.33. The van der Waals surface area contributed by atoms with Crippen molar-refractivity contribution in [2.45, 2.75) is 6.92 Å². The van der Waals surface area contributed by atoms with E-state index < -0.39 is 11.6 Å². The molecular weight excluding hydrogens is 428 g/mol. The molecule has 0 aliphatic heterocycles. The van der Waals surface area contributed by atoms with E-state index in [1.54, 1.807) is 53.9 Å². The summed E-state index contributed by atoms with van der Waals surface area (Å²) in [6.45, 7) is 1.78. The van der Waals surface area contributed by atoms with Gasteiger partial charge in [-0.05, 0) is 48.9 Å². The second-order valence-electron chi connectivity index (χ2n) is 7.25. The summed E-state index contributed by atoms with van der Waals surface area (Å²) in [6.07, 6.45) is 6.08. The molecule has 0 saturated carbocycles. The Morgan fingerprint density at radius 2 is 1.85 bits per heavy atom. The fraction of sp³-hybridized carbons (Fsp3) is 0.0417. The monoisotopic (exact) mass is 445 g/mol. The lowest BCUT2D eigenvalue weighted by molar-refractivity contribution is 0.406. The number of benzene rings is 2. The van der Waals surface area contributed by atoms with E-state index >= 15 is 4.39 Å². The number of nitrogens with zero attached hydrogens (tertiary/aromatic N) is 4. The summed E-state index contributed by atoms with van der Waals surface area (Å²) in [5.74, 6) is -1.70. The number of rotatable bonds is 5. The van der Waals surface area contributed by atoms with Gasteiger partial charge in [-0.15, -0.1) is 0 Å². The van der Waals surface area contributed by atoms with Gasteiger partial charge in [0.05, 0.1) is 11.9 Å². The number of fused-ring (bicyclic) bond motifs is 1. The first kappa shape index (κ1) is 20.4. The maximum absolute atomic E-state index is 15.0. The van der Waals surface area contributed by atoms with Crippen molar-refractivity contribution in [1.82, 2.24) is 19.4 Å². The number of nitrogens with one attached hydrogen (secondary N) is 1. The largest absolute Gasteiger partial charge is 0.508 e. The molecule has 2 aromatic carbocycles. The molecule has 3 aromatic heterocycles. The van der Waals surface area contributed by atoms with Gasteiger partial charge in [-0.2, -0.15) is 4.39 Å². The van der Waals surface area contributed by atoms with Gasteiger partial charge in [0.25, 0.3) is 0 Å². The first-order chi connectivity index (χ1) is 16.0. The predicted octanol–water partition coefficient (Wildman–Crippen LogP) is 5.62. The molecule has 3 heterocycles. The summed E-state index contributed by atoms with van der Waals surface area (Å²) in [6, 6.07) is 12.7. The van der Waals surface area contributed by atoms with Crippen molar-refractivity contribution in [3.63, 3.8) is 0 Å². The van der Waals surface area contributed by atoms with E-state index in [9.17, 15) is 9.50 Å². The highest BCUT2D eigenvalue weighted by Gasteiger charge is 2.20. The van der Waals surface area contributed by atoms with Crippen LogP contribution in [-0.4, -0.2) is 24.5 Å². The van der Waals surface area contributed by atoms with Gasteiger partial charge in [-0.3, -0.25) is 4.40 Å². The minimum atomic E-state index is -1.12. The number of ether oxygens (including phenoxy) is 1. The molecule has 0 unspecified atom stereocenters. The van der Waals surface area contributed by atoms with Gasteiger partial charge >= 0.3 is 0 Å². The van der Waals surface area contributed by atoms with Crippen molar-refractivity contribution < 1.29 is 18.6 Å². The van der Waals surface area contributed by atoms with Crippen LogP contribution in [0.15, 0.2) is 73.3 Å². The number of anilines is 2. The van der Waals surface area contributed by atoms with E-state index in [4.69, 9.17) is 4.74 Å². The topological polar surface area (TPSA) is 84.6 Å². The first-order valence-corrected chi connectivity index (χ1v) is 9.97. The summed E-state index contributed by atoms with van der Waals surface area (Å²) in [5, 5.41) is 12.9. The van der Waals surface area contributed by atoms with E-state index in [-0.39, 0.29) is 22.9 Å². The lowest BCUT2D eigenvalue weighted by Gasteiger charge is -2.11. The lowest BCUT2D eigenvalue weighted by atomic mass is 10.1. The average Bonchev–Trinajstić information content (AvgIpc) is 3.25. The van der Waals surface area contributed by atoms with Gasteiger partial charge in [0.2, 0.25) is 11.7 Å². The molecule has 33 heavy (non-hydrogen) atoms. The molecule has 7 nitrogen and oxygen atoms in total. The summed E-state index contributed by atoms with van der Waals surface area (Å²) < 4.78 is 36.8. The Bertz CT molecular complexity index is 1470. The maximum atomic E-state index is 15.0. The normalized spacial score (nSPS) is 11.0. The number of phenolic OH excluding ortho intramolecular Hbond substituents is 1. The van der Waals surface area contributed by atoms with Crippen LogP contribution < -0.4 is 10.1 Å². The number of aromatic hydroxyl groups is 1. The number of aryl methyl sites for hydroxylation is 1. The minimum absolute atomic E-state index is 0.0194. The van der Waals surface area contributed by atoms with Crippen molar-refractivity contribution >= 4 is 17.2 Å². The van der Waals surface area contributed by atoms with Crippen LogP contribution >= 0.6 is 0 Å². The molecule has 5 rings (SSSR count). The number of halogens is 2. The van der Waals surface area contributed by atoms with Crippen LogP contribution in [0.3, 0.4) is 0 Å². The number of imidazole rings is 1. The molecule has 0 aliphatic rings. The smallest absolute Gasteiger partial charge is 0.219 e. The second-order valence-corrected chi connectivity index (χ2v) is 7.25. The van der Waals surface area contributed by atoms with Crippen molar-refractivity contribution in [2.75, 3.05) is 5.32 Å². The zero-order valence-electron chi connectivity index (χ0n) is 17.3. The summed E-state index contributed by atoms with van der Waals surface area (Å²) in [4.78, 5) is 12.6. The zero-order valence-corrected chi connectivity index (χ0v) is 17.3. The Morgan fingerprint density at radius 3 is 2.64 bits per heavy atom. The molecule has 0 spiro atoms. The molecule has 5 aromatic rings. The van der Waals surface area contributed by atoms with E-state index in [0.717, 1.165) is 0 Å². The van der Waals surface area contributed by atoms with Crippen molar-refractivity contribution in [3.8, 4) is 28.6 Å². The van der Waals surface area contributed by atoms with E-state index in [1.807, 2.05) is 0 Å². The number of phenols is 1. The molecule has 0 fully saturated rings. The Kier molecular flexibility index (Phi) is 5.06. The SMILES string of the molecule is Cc1cc(Nc2nccn3c(-c4ccc(Oc5ccccn5)c(F)c4F)cnc23)ccc1O. The predicted molar refractivity (Wildman–Crippen MR) is 119 cm³/mol. The Morgan fingerprint density at radius 1 is 0.970 bits per heavy atom. The van der Waals surface area contributed by atoms with Gasteiger partial charge in [-0.1, -0.05) is 6.07 Å². The maximum Gasteiger partial charge on any atom is 0.219 e.